The zero-order chi connectivity index (χ0) is 13.0. The van der Waals surface area contributed by atoms with E-state index >= 15 is 0 Å². The molecule has 2 saturated carbocycles. The molecule has 1 N–H and O–H groups in total. The highest BCUT2D eigenvalue weighted by molar-refractivity contribution is 4.89. The second-order valence-corrected chi connectivity index (χ2v) is 6.75. The van der Waals surface area contributed by atoms with E-state index in [4.69, 9.17) is 0 Å². The minimum Gasteiger partial charge on any atom is -0.317 e. The zero-order valence-electron chi connectivity index (χ0n) is 12.6. The minimum atomic E-state index is 0.787. The maximum absolute atomic E-state index is 3.46. The Bertz CT molecular complexity index is 225. The number of nitrogens with zero attached hydrogens (tertiary/aromatic N) is 1. The highest BCUT2D eigenvalue weighted by Crippen LogP contribution is 2.37. The summed E-state index contributed by atoms with van der Waals surface area (Å²) in [5, 5.41) is 3.46. The van der Waals surface area contributed by atoms with Crippen molar-refractivity contribution in [3.8, 4) is 0 Å². The molecule has 0 saturated heterocycles. The van der Waals surface area contributed by atoms with Crippen LogP contribution in [0.1, 0.15) is 57.8 Å². The molecule has 0 heterocycles. The van der Waals surface area contributed by atoms with Crippen molar-refractivity contribution < 1.29 is 0 Å². The number of rotatable bonds is 4. The maximum Gasteiger partial charge on any atom is 0.0146 e. The van der Waals surface area contributed by atoms with Crippen molar-refractivity contribution >= 4 is 0 Å². The number of nitrogens with one attached hydrogen (secondary N) is 1. The van der Waals surface area contributed by atoms with Crippen molar-refractivity contribution in [1.82, 2.24) is 10.2 Å². The first-order valence-electron chi connectivity index (χ1n) is 8.06. The van der Waals surface area contributed by atoms with E-state index in [9.17, 15) is 0 Å². The van der Waals surface area contributed by atoms with Gasteiger partial charge in [0.1, 0.15) is 0 Å². The van der Waals surface area contributed by atoms with Crippen molar-refractivity contribution in [3.05, 3.63) is 0 Å². The lowest BCUT2D eigenvalue weighted by molar-refractivity contribution is 0.0858. The van der Waals surface area contributed by atoms with E-state index < -0.39 is 0 Å². The van der Waals surface area contributed by atoms with E-state index in [-0.39, 0.29) is 0 Å². The smallest absolute Gasteiger partial charge is 0.0146 e. The minimum absolute atomic E-state index is 0.787. The Kier molecular flexibility index (Phi) is 5.50. The lowest BCUT2D eigenvalue weighted by Gasteiger charge is -2.43. The van der Waals surface area contributed by atoms with Crippen LogP contribution in [0.5, 0.6) is 0 Å². The SMILES string of the molecule is CNC1CCC(C(C2CCCCC2)N(C)C)CC1. The molecule has 0 amide bonds. The van der Waals surface area contributed by atoms with Crippen molar-refractivity contribution in [1.29, 1.82) is 0 Å². The summed E-state index contributed by atoms with van der Waals surface area (Å²) in [4.78, 5) is 2.54. The second-order valence-electron chi connectivity index (χ2n) is 6.75. The van der Waals surface area contributed by atoms with E-state index in [1.54, 1.807) is 0 Å². The van der Waals surface area contributed by atoms with Gasteiger partial charge in [-0.3, -0.25) is 0 Å². The molecule has 0 aromatic rings. The van der Waals surface area contributed by atoms with E-state index in [1.807, 2.05) is 0 Å². The van der Waals surface area contributed by atoms with Crippen LogP contribution >= 0.6 is 0 Å². The Morgan fingerprint density at radius 1 is 0.833 bits per heavy atom. The van der Waals surface area contributed by atoms with Gasteiger partial charge in [0.25, 0.3) is 0 Å². The molecule has 2 heteroatoms. The van der Waals surface area contributed by atoms with Gasteiger partial charge in [0, 0.05) is 12.1 Å². The van der Waals surface area contributed by atoms with Gasteiger partial charge in [-0.15, -0.1) is 0 Å². The summed E-state index contributed by atoms with van der Waals surface area (Å²) in [5.41, 5.74) is 0. The molecule has 18 heavy (non-hydrogen) atoms. The monoisotopic (exact) mass is 252 g/mol. The van der Waals surface area contributed by atoms with Gasteiger partial charge in [0.15, 0.2) is 0 Å². The van der Waals surface area contributed by atoms with Crippen LogP contribution < -0.4 is 5.32 Å². The summed E-state index contributed by atoms with van der Waals surface area (Å²) in [6.07, 6.45) is 13.0. The van der Waals surface area contributed by atoms with Crippen LogP contribution in [-0.2, 0) is 0 Å². The second kappa shape index (κ2) is 6.91. The molecule has 1 atom stereocenters. The quantitative estimate of drug-likeness (QED) is 0.826. The fourth-order valence-electron chi connectivity index (χ4n) is 4.45. The fraction of sp³-hybridized carbons (Fsp3) is 1.00. The van der Waals surface area contributed by atoms with Crippen LogP contribution in [0.25, 0.3) is 0 Å². The molecule has 2 nitrogen and oxygen atoms in total. The normalized spacial score (nSPS) is 32.7. The molecule has 0 spiro atoms. The highest BCUT2D eigenvalue weighted by Gasteiger charge is 2.34. The van der Waals surface area contributed by atoms with Gasteiger partial charge in [-0.25, -0.2) is 0 Å². The van der Waals surface area contributed by atoms with Gasteiger partial charge in [-0.2, -0.15) is 0 Å². The van der Waals surface area contributed by atoms with E-state index in [0.717, 1.165) is 23.9 Å². The molecule has 0 radical (unpaired) electrons. The van der Waals surface area contributed by atoms with Crippen molar-refractivity contribution in [2.24, 2.45) is 11.8 Å². The summed E-state index contributed by atoms with van der Waals surface area (Å²) in [6.45, 7) is 0. The molecule has 0 aromatic heterocycles. The largest absolute Gasteiger partial charge is 0.317 e. The molecule has 1 unspecified atom stereocenters. The highest BCUT2D eigenvalue weighted by atomic mass is 15.1. The molecule has 2 aliphatic rings. The number of hydrogen-bond donors (Lipinski definition) is 1. The van der Waals surface area contributed by atoms with Gasteiger partial charge in [-0.1, -0.05) is 19.3 Å². The molecular weight excluding hydrogens is 220 g/mol. The first-order chi connectivity index (χ1) is 8.72. The average Bonchev–Trinajstić information content (AvgIpc) is 2.40. The van der Waals surface area contributed by atoms with E-state index in [0.29, 0.717) is 0 Å². The summed E-state index contributed by atoms with van der Waals surface area (Å²) >= 11 is 0. The molecule has 106 valence electrons. The Balaban J connectivity index is 1.93. The van der Waals surface area contributed by atoms with Gasteiger partial charge in [-0.05, 0) is 71.5 Å². The molecule has 0 bridgehead atoms. The predicted molar refractivity (Wildman–Crippen MR) is 78.9 cm³/mol. The lowest BCUT2D eigenvalue weighted by Crippen LogP contribution is -2.45. The third-order valence-corrected chi connectivity index (χ3v) is 5.39. The van der Waals surface area contributed by atoms with Crippen molar-refractivity contribution in [2.45, 2.75) is 69.9 Å². The number of hydrogen-bond acceptors (Lipinski definition) is 2. The summed E-state index contributed by atoms with van der Waals surface area (Å²) < 4.78 is 0. The Hall–Kier alpha value is -0.0800. The molecule has 0 aromatic carbocycles. The fourth-order valence-corrected chi connectivity index (χ4v) is 4.45. The molecule has 2 aliphatic carbocycles. The van der Waals surface area contributed by atoms with Gasteiger partial charge >= 0.3 is 0 Å². The van der Waals surface area contributed by atoms with Crippen LogP contribution in [-0.4, -0.2) is 38.1 Å². The third kappa shape index (κ3) is 3.48. The van der Waals surface area contributed by atoms with Crippen LogP contribution in [0, 0.1) is 11.8 Å². The molecule has 2 rings (SSSR count). The maximum atomic E-state index is 3.46. The average molecular weight is 252 g/mol. The van der Waals surface area contributed by atoms with Crippen LogP contribution in [0.4, 0.5) is 0 Å². The van der Waals surface area contributed by atoms with Crippen LogP contribution in [0.2, 0.25) is 0 Å². The first kappa shape index (κ1) is 14.3. The van der Waals surface area contributed by atoms with Crippen molar-refractivity contribution in [2.75, 3.05) is 21.1 Å². The van der Waals surface area contributed by atoms with Gasteiger partial charge < -0.3 is 10.2 Å². The third-order valence-electron chi connectivity index (χ3n) is 5.39. The Labute approximate surface area is 114 Å². The van der Waals surface area contributed by atoms with Gasteiger partial charge in [0.2, 0.25) is 0 Å². The first-order valence-corrected chi connectivity index (χ1v) is 8.06. The summed E-state index contributed by atoms with van der Waals surface area (Å²) in [7, 11) is 6.74. The lowest BCUT2D eigenvalue weighted by atomic mass is 9.72. The Morgan fingerprint density at radius 3 is 1.89 bits per heavy atom. The molecule has 0 aliphatic heterocycles. The zero-order valence-corrected chi connectivity index (χ0v) is 12.6. The topological polar surface area (TPSA) is 15.3 Å². The van der Waals surface area contributed by atoms with E-state index in [2.05, 4.69) is 31.4 Å². The van der Waals surface area contributed by atoms with Gasteiger partial charge in [0.05, 0.1) is 0 Å². The summed E-state index contributed by atoms with van der Waals surface area (Å²) in [5.74, 6) is 1.93. The Morgan fingerprint density at radius 2 is 1.39 bits per heavy atom. The van der Waals surface area contributed by atoms with Crippen LogP contribution in [0.3, 0.4) is 0 Å². The van der Waals surface area contributed by atoms with Crippen molar-refractivity contribution in [3.63, 3.8) is 0 Å². The van der Waals surface area contributed by atoms with E-state index in [1.165, 1.54) is 57.8 Å². The standard InChI is InChI=1S/C16H32N2/c1-17-15-11-9-14(10-12-15)16(18(2)3)13-7-5-4-6-8-13/h13-17H,4-12H2,1-3H3. The summed E-state index contributed by atoms with van der Waals surface area (Å²) in [6, 6.07) is 1.64. The molecule has 2 fully saturated rings. The van der Waals surface area contributed by atoms with Crippen LogP contribution in [0.15, 0.2) is 0 Å². The molecular formula is C16H32N2. The predicted octanol–water partition coefficient (Wildman–Crippen LogP) is 3.28.